The molecule has 1 heterocycles. The predicted molar refractivity (Wildman–Crippen MR) is 122 cm³/mol. The second kappa shape index (κ2) is 10.3. The quantitative estimate of drug-likeness (QED) is 0.419. The molecule has 0 bridgehead atoms. The Morgan fingerprint density at radius 2 is 1.94 bits per heavy atom. The summed E-state index contributed by atoms with van der Waals surface area (Å²) in [5, 5.41) is -0.0673. The number of carbonyl (C=O) groups is 2. The minimum Gasteiger partial charge on any atom is -0.493 e. The van der Waals surface area contributed by atoms with Crippen molar-refractivity contribution < 1.29 is 23.8 Å². The minimum absolute atomic E-state index is 0.0406. The number of terminal acetylenes is 1. The highest BCUT2D eigenvalue weighted by molar-refractivity contribution is 8.18. The Labute approximate surface area is 190 Å². The van der Waals surface area contributed by atoms with Gasteiger partial charge in [0.25, 0.3) is 11.1 Å². The number of halogens is 1. The van der Waals surface area contributed by atoms with Gasteiger partial charge in [-0.3, -0.25) is 14.5 Å². The molecule has 2 amide bonds. The van der Waals surface area contributed by atoms with Crippen LogP contribution in [0.2, 0.25) is 5.02 Å². The first kappa shape index (κ1) is 22.6. The Balaban J connectivity index is 1.70. The lowest BCUT2D eigenvalue weighted by molar-refractivity contribution is -0.123. The molecule has 0 radical (unpaired) electrons. The summed E-state index contributed by atoms with van der Waals surface area (Å²) in [4.78, 5) is 26.5. The monoisotopic (exact) mass is 457 g/mol. The lowest BCUT2D eigenvalue weighted by Crippen LogP contribution is -2.32. The van der Waals surface area contributed by atoms with E-state index in [4.69, 9.17) is 32.2 Å². The molecule has 0 spiro atoms. The molecule has 0 unspecified atom stereocenters. The number of imide groups is 1. The van der Waals surface area contributed by atoms with Crippen LogP contribution in [0, 0.1) is 19.3 Å². The Morgan fingerprint density at radius 3 is 2.61 bits per heavy atom. The summed E-state index contributed by atoms with van der Waals surface area (Å²) < 4.78 is 16.3. The molecule has 1 saturated heterocycles. The van der Waals surface area contributed by atoms with E-state index in [1.165, 1.54) is 7.11 Å². The third-order valence-electron chi connectivity index (χ3n) is 4.33. The molecule has 0 atom stereocenters. The highest BCUT2D eigenvalue weighted by Crippen LogP contribution is 2.38. The van der Waals surface area contributed by atoms with Gasteiger partial charge in [0.15, 0.2) is 11.5 Å². The molecule has 8 heteroatoms. The maximum atomic E-state index is 12.7. The number of rotatable bonds is 8. The second-order valence-electron chi connectivity index (χ2n) is 6.52. The number of thioether (sulfide) groups is 1. The van der Waals surface area contributed by atoms with Crippen LogP contribution >= 0.6 is 23.4 Å². The van der Waals surface area contributed by atoms with Crippen LogP contribution in [0.3, 0.4) is 0 Å². The third kappa shape index (κ3) is 5.54. The van der Waals surface area contributed by atoms with Crippen LogP contribution in [0.15, 0.2) is 41.3 Å². The van der Waals surface area contributed by atoms with Crippen molar-refractivity contribution >= 4 is 40.6 Å². The topological polar surface area (TPSA) is 65.1 Å². The summed E-state index contributed by atoms with van der Waals surface area (Å²) in [6.07, 6.45) is 6.81. The van der Waals surface area contributed by atoms with Gasteiger partial charge < -0.3 is 14.2 Å². The number of hydrogen-bond donors (Lipinski definition) is 0. The summed E-state index contributed by atoms with van der Waals surface area (Å²) in [6, 6.07) is 10.8. The van der Waals surface area contributed by atoms with E-state index in [2.05, 4.69) is 5.92 Å². The van der Waals surface area contributed by atoms with Crippen LogP contribution in [0.25, 0.3) is 6.08 Å². The number of hydrogen-bond acceptors (Lipinski definition) is 6. The van der Waals surface area contributed by atoms with Gasteiger partial charge in [-0.1, -0.05) is 35.2 Å². The maximum Gasteiger partial charge on any atom is 0.293 e. The average molecular weight is 458 g/mol. The highest BCUT2D eigenvalue weighted by atomic mass is 35.5. The van der Waals surface area contributed by atoms with Crippen LogP contribution in [0.1, 0.15) is 11.1 Å². The van der Waals surface area contributed by atoms with Crippen molar-refractivity contribution in [3.8, 4) is 29.6 Å². The zero-order valence-corrected chi connectivity index (χ0v) is 18.6. The Morgan fingerprint density at radius 1 is 1.19 bits per heavy atom. The van der Waals surface area contributed by atoms with Crippen molar-refractivity contribution in [1.82, 2.24) is 4.90 Å². The highest BCUT2D eigenvalue weighted by Gasteiger charge is 2.34. The number of methoxy groups -OCH3 is 1. The van der Waals surface area contributed by atoms with Crippen molar-refractivity contribution in [2.45, 2.75) is 6.92 Å². The molecule has 2 aromatic rings. The van der Waals surface area contributed by atoms with E-state index in [1.807, 2.05) is 31.2 Å². The van der Waals surface area contributed by atoms with Gasteiger partial charge in [-0.2, -0.15) is 0 Å². The van der Waals surface area contributed by atoms with Crippen LogP contribution in [-0.4, -0.2) is 42.9 Å². The largest absolute Gasteiger partial charge is 0.493 e. The molecule has 0 aliphatic carbocycles. The van der Waals surface area contributed by atoms with Gasteiger partial charge in [-0.25, -0.2) is 0 Å². The zero-order valence-electron chi connectivity index (χ0n) is 17.0. The van der Waals surface area contributed by atoms with Crippen molar-refractivity contribution in [3.63, 3.8) is 0 Å². The van der Waals surface area contributed by atoms with Crippen LogP contribution in [-0.2, 0) is 4.79 Å². The smallest absolute Gasteiger partial charge is 0.293 e. The number of nitrogens with zero attached hydrogens (tertiary/aromatic N) is 1. The van der Waals surface area contributed by atoms with Crippen LogP contribution in [0.5, 0.6) is 17.2 Å². The summed E-state index contributed by atoms with van der Waals surface area (Å²) in [7, 11) is 1.47. The van der Waals surface area contributed by atoms with Gasteiger partial charge in [0.2, 0.25) is 0 Å². The first-order valence-corrected chi connectivity index (χ1v) is 10.5. The Kier molecular flexibility index (Phi) is 7.50. The molecule has 3 rings (SSSR count). The van der Waals surface area contributed by atoms with Crippen molar-refractivity contribution in [2.24, 2.45) is 0 Å². The standard InChI is InChI=1S/C23H20ClNO5S/c1-4-10-30-21-18(24)12-16(13-19(21)28-3)14-20-22(26)25(23(27)31-20)9-11-29-17-7-5-15(2)6-8-17/h1,5-8,12-14H,9-11H2,2-3H3/b20-14-. The van der Waals surface area contributed by atoms with E-state index in [1.54, 1.807) is 18.2 Å². The SMILES string of the molecule is C#CCOc1c(Cl)cc(/C=C2\SC(=O)N(CCOc3ccc(C)cc3)C2=O)cc1OC. The average Bonchev–Trinajstić information content (AvgIpc) is 3.01. The maximum absolute atomic E-state index is 12.7. The minimum atomic E-state index is -0.384. The fraction of sp³-hybridized carbons (Fsp3) is 0.217. The third-order valence-corrected chi connectivity index (χ3v) is 5.52. The number of carbonyl (C=O) groups excluding carboxylic acids is 2. The summed E-state index contributed by atoms with van der Waals surface area (Å²) in [5.41, 5.74) is 1.71. The van der Waals surface area contributed by atoms with E-state index < -0.39 is 0 Å². The Hall–Kier alpha value is -3.08. The number of aryl methyl sites for hydroxylation is 1. The molecule has 1 fully saturated rings. The van der Waals surface area contributed by atoms with Gasteiger partial charge in [-0.15, -0.1) is 6.42 Å². The van der Waals surface area contributed by atoms with E-state index in [0.717, 1.165) is 22.2 Å². The molecule has 160 valence electrons. The van der Waals surface area contributed by atoms with Gasteiger partial charge in [0.1, 0.15) is 19.0 Å². The lowest BCUT2D eigenvalue weighted by atomic mass is 10.1. The lowest BCUT2D eigenvalue weighted by Gasteiger charge is -2.13. The van der Waals surface area contributed by atoms with Gasteiger partial charge in [0, 0.05) is 0 Å². The zero-order chi connectivity index (χ0) is 22.4. The first-order chi connectivity index (χ1) is 14.9. The number of benzene rings is 2. The summed E-state index contributed by atoms with van der Waals surface area (Å²) in [5.74, 6) is 3.36. The second-order valence-corrected chi connectivity index (χ2v) is 7.92. The molecule has 6 nitrogen and oxygen atoms in total. The number of ether oxygens (including phenoxy) is 3. The normalized spacial score (nSPS) is 14.6. The summed E-state index contributed by atoms with van der Waals surface area (Å²) in [6.45, 7) is 2.38. The molecule has 0 saturated carbocycles. The molecule has 1 aliphatic rings. The molecule has 1 aliphatic heterocycles. The van der Waals surface area contributed by atoms with Gasteiger partial charge in [-0.05, 0) is 54.6 Å². The van der Waals surface area contributed by atoms with Crippen molar-refractivity contribution in [3.05, 3.63) is 57.5 Å². The fourth-order valence-electron chi connectivity index (χ4n) is 2.81. The van der Waals surface area contributed by atoms with Crippen LogP contribution < -0.4 is 14.2 Å². The van der Waals surface area contributed by atoms with Crippen molar-refractivity contribution in [1.29, 1.82) is 0 Å². The van der Waals surface area contributed by atoms with Gasteiger partial charge in [0.05, 0.1) is 23.6 Å². The fourth-order valence-corrected chi connectivity index (χ4v) is 3.95. The van der Waals surface area contributed by atoms with E-state index in [9.17, 15) is 9.59 Å². The van der Waals surface area contributed by atoms with E-state index in [-0.39, 0.29) is 40.8 Å². The molecule has 31 heavy (non-hydrogen) atoms. The molecular weight excluding hydrogens is 438 g/mol. The molecule has 2 aromatic carbocycles. The predicted octanol–water partition coefficient (Wildman–Crippen LogP) is 4.78. The summed E-state index contributed by atoms with van der Waals surface area (Å²) >= 11 is 7.14. The number of amides is 2. The Bertz CT molecular complexity index is 1060. The molecule has 0 aromatic heterocycles. The first-order valence-electron chi connectivity index (χ1n) is 9.31. The van der Waals surface area contributed by atoms with Crippen molar-refractivity contribution in [2.75, 3.05) is 26.9 Å². The molecular formula is C23H20ClNO5S. The van der Waals surface area contributed by atoms with E-state index >= 15 is 0 Å². The van der Waals surface area contributed by atoms with E-state index in [0.29, 0.717) is 22.8 Å². The van der Waals surface area contributed by atoms with Gasteiger partial charge >= 0.3 is 0 Å². The molecule has 0 N–H and O–H groups in total. The van der Waals surface area contributed by atoms with Crippen LogP contribution in [0.4, 0.5) is 4.79 Å².